The van der Waals surface area contributed by atoms with Gasteiger partial charge in [-0.25, -0.2) is 4.98 Å². The van der Waals surface area contributed by atoms with Gasteiger partial charge in [0, 0.05) is 17.1 Å². The molecule has 0 bridgehead atoms. The minimum absolute atomic E-state index is 0.421. The summed E-state index contributed by atoms with van der Waals surface area (Å²) >= 11 is 0. The van der Waals surface area contributed by atoms with Crippen molar-refractivity contribution in [2.45, 2.75) is 19.8 Å². The van der Waals surface area contributed by atoms with Gasteiger partial charge in [0.1, 0.15) is 17.3 Å². The highest BCUT2D eigenvalue weighted by molar-refractivity contribution is 5.94. The maximum atomic E-state index is 5.97. The Morgan fingerprint density at radius 1 is 1.14 bits per heavy atom. The minimum Gasteiger partial charge on any atom is -0.496 e. The predicted molar refractivity (Wildman–Crippen MR) is 90.0 cm³/mol. The van der Waals surface area contributed by atoms with Gasteiger partial charge >= 0.3 is 0 Å². The van der Waals surface area contributed by atoms with Gasteiger partial charge in [-0.2, -0.15) is 0 Å². The van der Waals surface area contributed by atoms with Gasteiger partial charge in [-0.3, -0.25) is 4.98 Å². The van der Waals surface area contributed by atoms with Gasteiger partial charge in [-0.15, -0.1) is 0 Å². The molecule has 4 nitrogen and oxygen atoms in total. The van der Waals surface area contributed by atoms with Crippen molar-refractivity contribution < 1.29 is 4.74 Å². The van der Waals surface area contributed by atoms with E-state index in [1.54, 1.807) is 13.3 Å². The summed E-state index contributed by atoms with van der Waals surface area (Å²) in [5.74, 6) is 1.67. The zero-order chi connectivity index (χ0) is 15.7. The largest absolute Gasteiger partial charge is 0.496 e. The maximum Gasteiger partial charge on any atom is 0.128 e. The van der Waals surface area contributed by atoms with Crippen LogP contribution in [0.2, 0.25) is 0 Å². The van der Waals surface area contributed by atoms with Crippen LogP contribution in [0.3, 0.4) is 0 Å². The molecule has 2 heterocycles. The number of nitrogens with zero attached hydrogens (tertiary/aromatic N) is 2. The Morgan fingerprint density at radius 2 is 1.95 bits per heavy atom. The van der Waals surface area contributed by atoms with E-state index in [4.69, 9.17) is 10.5 Å². The SMILES string of the molecule is COc1ccc(C(C)C)cc1-c1nc(N)cc2cccnc12. The van der Waals surface area contributed by atoms with Crippen LogP contribution in [-0.4, -0.2) is 17.1 Å². The van der Waals surface area contributed by atoms with E-state index in [1.807, 2.05) is 24.3 Å². The molecular formula is C18H19N3O. The fourth-order valence-electron chi connectivity index (χ4n) is 2.56. The summed E-state index contributed by atoms with van der Waals surface area (Å²) < 4.78 is 5.51. The number of aromatic nitrogens is 2. The Labute approximate surface area is 130 Å². The zero-order valence-electron chi connectivity index (χ0n) is 13.0. The van der Waals surface area contributed by atoms with Crippen molar-refractivity contribution in [3.63, 3.8) is 0 Å². The lowest BCUT2D eigenvalue weighted by Gasteiger charge is -2.14. The third-order valence-corrected chi connectivity index (χ3v) is 3.75. The van der Waals surface area contributed by atoms with Crippen LogP contribution in [0.5, 0.6) is 5.75 Å². The molecule has 0 aliphatic carbocycles. The van der Waals surface area contributed by atoms with E-state index >= 15 is 0 Å². The van der Waals surface area contributed by atoms with Crippen LogP contribution in [0.1, 0.15) is 25.3 Å². The van der Waals surface area contributed by atoms with E-state index in [0.717, 1.165) is 27.9 Å². The summed E-state index contributed by atoms with van der Waals surface area (Å²) in [7, 11) is 1.66. The van der Waals surface area contributed by atoms with Crippen molar-refractivity contribution in [3.05, 3.63) is 48.2 Å². The second-order valence-corrected chi connectivity index (χ2v) is 5.59. The third-order valence-electron chi connectivity index (χ3n) is 3.75. The topological polar surface area (TPSA) is 61.0 Å². The first-order valence-corrected chi connectivity index (χ1v) is 7.29. The highest BCUT2D eigenvalue weighted by Crippen LogP contribution is 2.35. The number of pyridine rings is 2. The molecule has 0 saturated heterocycles. The van der Waals surface area contributed by atoms with Crippen LogP contribution in [0.25, 0.3) is 22.2 Å². The Kier molecular flexibility index (Phi) is 3.67. The number of nitrogens with two attached hydrogens (primary N) is 1. The first-order valence-electron chi connectivity index (χ1n) is 7.29. The number of methoxy groups -OCH3 is 1. The standard InChI is InChI=1S/C18H19N3O/c1-11(2)12-6-7-15(22-3)14(9-12)18-17-13(5-4-8-20-17)10-16(19)21-18/h4-11H,1-3H3,(H2,19,21). The van der Waals surface area contributed by atoms with Gasteiger partial charge < -0.3 is 10.5 Å². The van der Waals surface area contributed by atoms with E-state index in [9.17, 15) is 0 Å². The van der Waals surface area contributed by atoms with Crippen molar-refractivity contribution in [2.24, 2.45) is 0 Å². The molecule has 112 valence electrons. The number of ether oxygens (including phenoxy) is 1. The van der Waals surface area contributed by atoms with Gasteiger partial charge in [0.05, 0.1) is 12.6 Å². The smallest absolute Gasteiger partial charge is 0.128 e. The molecule has 1 aromatic carbocycles. The van der Waals surface area contributed by atoms with Crippen LogP contribution >= 0.6 is 0 Å². The van der Waals surface area contributed by atoms with E-state index in [1.165, 1.54) is 5.56 Å². The number of rotatable bonds is 3. The van der Waals surface area contributed by atoms with E-state index in [2.05, 4.69) is 35.9 Å². The summed E-state index contributed by atoms with van der Waals surface area (Å²) in [6.07, 6.45) is 1.77. The van der Waals surface area contributed by atoms with E-state index in [0.29, 0.717) is 11.7 Å². The van der Waals surface area contributed by atoms with Crippen molar-refractivity contribution >= 4 is 16.7 Å². The average Bonchev–Trinajstić information content (AvgIpc) is 2.53. The molecule has 3 rings (SSSR count). The summed E-state index contributed by atoms with van der Waals surface area (Å²) in [6.45, 7) is 4.32. The molecule has 0 saturated carbocycles. The Morgan fingerprint density at radius 3 is 2.68 bits per heavy atom. The van der Waals surface area contributed by atoms with Crippen molar-refractivity contribution in [3.8, 4) is 17.0 Å². The van der Waals surface area contributed by atoms with Gasteiger partial charge in [-0.05, 0) is 35.7 Å². The van der Waals surface area contributed by atoms with Gasteiger partial charge in [0.15, 0.2) is 0 Å². The van der Waals surface area contributed by atoms with Gasteiger partial charge in [0.2, 0.25) is 0 Å². The van der Waals surface area contributed by atoms with Crippen molar-refractivity contribution in [2.75, 3.05) is 12.8 Å². The number of anilines is 1. The summed E-state index contributed by atoms with van der Waals surface area (Å²) in [6, 6.07) is 11.9. The number of hydrogen-bond acceptors (Lipinski definition) is 4. The molecule has 22 heavy (non-hydrogen) atoms. The normalized spacial score (nSPS) is 11.1. The molecule has 0 fully saturated rings. The molecule has 0 radical (unpaired) electrons. The second-order valence-electron chi connectivity index (χ2n) is 5.59. The zero-order valence-corrected chi connectivity index (χ0v) is 13.0. The van der Waals surface area contributed by atoms with Crippen LogP contribution in [0.15, 0.2) is 42.6 Å². The fourth-order valence-corrected chi connectivity index (χ4v) is 2.56. The first kappa shape index (κ1) is 14.3. The Bertz CT molecular complexity index is 828. The minimum atomic E-state index is 0.421. The molecule has 0 aliphatic rings. The van der Waals surface area contributed by atoms with Gasteiger partial charge in [-0.1, -0.05) is 26.0 Å². The van der Waals surface area contributed by atoms with Crippen LogP contribution in [-0.2, 0) is 0 Å². The molecule has 3 aromatic rings. The molecule has 0 amide bonds. The summed E-state index contributed by atoms with van der Waals surface area (Å²) in [4.78, 5) is 8.99. The summed E-state index contributed by atoms with van der Waals surface area (Å²) in [5.41, 5.74) is 9.71. The number of hydrogen-bond donors (Lipinski definition) is 1. The number of nitrogen functional groups attached to an aromatic ring is 1. The van der Waals surface area contributed by atoms with Crippen LogP contribution < -0.4 is 10.5 Å². The van der Waals surface area contributed by atoms with E-state index in [-0.39, 0.29) is 0 Å². The maximum absolute atomic E-state index is 5.97. The summed E-state index contributed by atoms with van der Waals surface area (Å²) in [5, 5.41) is 0.974. The lowest BCUT2D eigenvalue weighted by molar-refractivity contribution is 0.416. The number of fused-ring (bicyclic) bond motifs is 1. The molecule has 2 aromatic heterocycles. The molecule has 0 spiro atoms. The third kappa shape index (κ3) is 2.48. The second kappa shape index (κ2) is 5.64. The molecule has 0 unspecified atom stereocenters. The first-order chi connectivity index (χ1) is 10.6. The lowest BCUT2D eigenvalue weighted by atomic mass is 9.98. The van der Waals surface area contributed by atoms with Crippen molar-refractivity contribution in [1.29, 1.82) is 0 Å². The monoisotopic (exact) mass is 293 g/mol. The average molecular weight is 293 g/mol. The highest BCUT2D eigenvalue weighted by Gasteiger charge is 2.14. The predicted octanol–water partition coefficient (Wildman–Crippen LogP) is 4.01. The Hall–Kier alpha value is -2.62. The number of benzene rings is 1. The molecular weight excluding hydrogens is 274 g/mol. The van der Waals surface area contributed by atoms with E-state index < -0.39 is 0 Å². The Balaban J connectivity index is 2.33. The highest BCUT2D eigenvalue weighted by atomic mass is 16.5. The molecule has 0 aliphatic heterocycles. The van der Waals surface area contributed by atoms with Gasteiger partial charge in [0.25, 0.3) is 0 Å². The molecule has 0 atom stereocenters. The molecule has 4 heteroatoms. The van der Waals surface area contributed by atoms with Crippen LogP contribution in [0, 0.1) is 0 Å². The fraction of sp³-hybridized carbons (Fsp3) is 0.222. The quantitative estimate of drug-likeness (QED) is 0.792. The van der Waals surface area contributed by atoms with Crippen LogP contribution in [0.4, 0.5) is 5.82 Å². The van der Waals surface area contributed by atoms with Crippen molar-refractivity contribution in [1.82, 2.24) is 9.97 Å². The molecule has 2 N–H and O–H groups in total. The lowest BCUT2D eigenvalue weighted by Crippen LogP contribution is -1.98.